The van der Waals surface area contributed by atoms with Crippen LogP contribution in [0.4, 0.5) is 0 Å². The minimum atomic E-state index is -0.386. The molecule has 5 nitrogen and oxygen atoms in total. The van der Waals surface area contributed by atoms with Crippen LogP contribution in [0.25, 0.3) is 0 Å². The Hall–Kier alpha value is -2.53. The number of methoxy groups -OCH3 is 2. The fourth-order valence-electron chi connectivity index (χ4n) is 4.95. The number of carbonyl (C=O) groups is 1. The van der Waals surface area contributed by atoms with Crippen molar-refractivity contribution in [2.75, 3.05) is 20.8 Å². The third-order valence-corrected chi connectivity index (χ3v) is 7.35. The fourth-order valence-corrected chi connectivity index (χ4v) is 4.95. The van der Waals surface area contributed by atoms with Gasteiger partial charge in [0.2, 0.25) is 0 Å². The highest BCUT2D eigenvalue weighted by Gasteiger charge is 2.42. The van der Waals surface area contributed by atoms with Crippen molar-refractivity contribution >= 4 is 5.97 Å². The molecule has 0 saturated heterocycles. The molecule has 0 fully saturated rings. The van der Waals surface area contributed by atoms with Crippen molar-refractivity contribution in [2.24, 2.45) is 5.41 Å². The number of hydrogen-bond donors (Lipinski definition) is 0. The molecule has 1 aliphatic heterocycles. The zero-order valence-electron chi connectivity index (χ0n) is 20.0. The van der Waals surface area contributed by atoms with Crippen molar-refractivity contribution in [1.82, 2.24) is 0 Å². The third-order valence-electron chi connectivity index (χ3n) is 7.35. The average molecular weight is 439 g/mol. The maximum Gasteiger partial charge on any atom is 0.306 e. The van der Waals surface area contributed by atoms with E-state index in [-0.39, 0.29) is 29.0 Å². The quantitative estimate of drug-likeness (QED) is 0.542. The summed E-state index contributed by atoms with van der Waals surface area (Å²) in [6, 6.07) is 12.4. The summed E-state index contributed by atoms with van der Waals surface area (Å²) in [5, 5.41) is 0. The molecule has 2 aliphatic rings. The molecular weight excluding hydrogens is 404 g/mol. The first-order chi connectivity index (χ1) is 15.2. The molecule has 0 saturated carbocycles. The lowest BCUT2D eigenvalue weighted by Gasteiger charge is -2.42. The second-order valence-electron chi connectivity index (χ2n) is 9.99. The van der Waals surface area contributed by atoms with E-state index in [1.54, 1.807) is 7.11 Å². The van der Waals surface area contributed by atoms with Crippen LogP contribution in [-0.2, 0) is 26.3 Å². The Balaban J connectivity index is 1.57. The van der Waals surface area contributed by atoms with E-state index in [9.17, 15) is 4.79 Å². The summed E-state index contributed by atoms with van der Waals surface area (Å²) in [6.45, 7) is 9.33. The maximum atomic E-state index is 11.7. The minimum absolute atomic E-state index is 0.00339. The molecule has 0 aromatic heterocycles. The molecule has 1 heterocycles. The molecule has 172 valence electrons. The summed E-state index contributed by atoms with van der Waals surface area (Å²) in [4.78, 5) is 11.7. The number of ether oxygens (including phenoxy) is 4. The van der Waals surface area contributed by atoms with Gasteiger partial charge in [0.05, 0.1) is 25.7 Å². The molecule has 0 radical (unpaired) electrons. The van der Waals surface area contributed by atoms with Crippen molar-refractivity contribution in [3.8, 4) is 11.5 Å². The minimum Gasteiger partial charge on any atom is -0.492 e. The first-order valence-corrected chi connectivity index (χ1v) is 11.4. The molecule has 5 heteroatoms. The van der Waals surface area contributed by atoms with Crippen LogP contribution >= 0.6 is 0 Å². The molecule has 0 bridgehead atoms. The molecule has 1 unspecified atom stereocenters. The molecule has 2 aromatic rings. The van der Waals surface area contributed by atoms with Gasteiger partial charge in [-0.1, -0.05) is 45.0 Å². The summed E-state index contributed by atoms with van der Waals surface area (Å²) < 4.78 is 23.2. The normalized spacial score (nSPS) is 21.3. The van der Waals surface area contributed by atoms with E-state index < -0.39 is 0 Å². The predicted molar refractivity (Wildman–Crippen MR) is 123 cm³/mol. The lowest BCUT2D eigenvalue weighted by Crippen LogP contribution is -2.39. The van der Waals surface area contributed by atoms with E-state index in [4.69, 9.17) is 18.9 Å². The first kappa shape index (κ1) is 22.7. The van der Waals surface area contributed by atoms with E-state index in [1.807, 2.05) is 18.2 Å². The summed E-state index contributed by atoms with van der Waals surface area (Å²) in [5.41, 5.74) is 4.43. The predicted octanol–water partition coefficient (Wildman–Crippen LogP) is 5.70. The molecule has 0 N–H and O–H groups in total. The van der Waals surface area contributed by atoms with Crippen LogP contribution in [0.3, 0.4) is 0 Å². The molecule has 1 aliphatic carbocycles. The SMILES string of the molecule is COC(=O)C[C@@H]1COc2cc(O[C@@H]3CCc4c3cccc4C(C)(OC)C(C)(C)C)ccc21. The van der Waals surface area contributed by atoms with Crippen molar-refractivity contribution < 1.29 is 23.7 Å². The lowest BCUT2D eigenvalue weighted by molar-refractivity contribution is -0.141. The van der Waals surface area contributed by atoms with Gasteiger partial charge in [0.25, 0.3) is 0 Å². The summed E-state index contributed by atoms with van der Waals surface area (Å²) in [5.74, 6) is 1.40. The highest BCUT2D eigenvalue weighted by Crippen LogP contribution is 2.48. The Morgan fingerprint density at radius 2 is 1.88 bits per heavy atom. The molecule has 3 atom stereocenters. The number of rotatable bonds is 6. The van der Waals surface area contributed by atoms with Gasteiger partial charge in [0.1, 0.15) is 17.6 Å². The summed E-state index contributed by atoms with van der Waals surface area (Å²) in [7, 11) is 3.21. The van der Waals surface area contributed by atoms with Crippen molar-refractivity contribution in [1.29, 1.82) is 0 Å². The second kappa shape index (κ2) is 8.43. The monoisotopic (exact) mass is 438 g/mol. The van der Waals surface area contributed by atoms with Crippen molar-refractivity contribution in [3.63, 3.8) is 0 Å². The van der Waals surface area contributed by atoms with Crippen LogP contribution in [0.15, 0.2) is 36.4 Å². The molecule has 32 heavy (non-hydrogen) atoms. The largest absolute Gasteiger partial charge is 0.492 e. The van der Waals surface area contributed by atoms with Gasteiger partial charge in [-0.3, -0.25) is 4.79 Å². The van der Waals surface area contributed by atoms with Gasteiger partial charge in [-0.2, -0.15) is 0 Å². The smallest absolute Gasteiger partial charge is 0.306 e. The Morgan fingerprint density at radius 1 is 1.09 bits per heavy atom. The zero-order valence-corrected chi connectivity index (χ0v) is 20.0. The van der Waals surface area contributed by atoms with E-state index in [0.717, 1.165) is 29.9 Å². The average Bonchev–Trinajstić information content (AvgIpc) is 3.36. The topological polar surface area (TPSA) is 54.0 Å². The first-order valence-electron chi connectivity index (χ1n) is 11.4. The highest BCUT2D eigenvalue weighted by atomic mass is 16.5. The summed E-state index contributed by atoms with van der Waals surface area (Å²) in [6.07, 6.45) is 2.22. The molecular formula is C27H34O5. The second-order valence-corrected chi connectivity index (χ2v) is 9.99. The van der Waals surface area contributed by atoms with Crippen LogP contribution in [0, 0.1) is 5.41 Å². The van der Waals surface area contributed by atoms with E-state index >= 15 is 0 Å². The fraction of sp³-hybridized carbons (Fsp3) is 0.519. The molecule has 0 spiro atoms. The molecule has 2 aromatic carbocycles. The third kappa shape index (κ3) is 3.88. The van der Waals surface area contributed by atoms with Crippen LogP contribution in [-0.4, -0.2) is 26.8 Å². The van der Waals surface area contributed by atoms with Crippen molar-refractivity contribution in [2.45, 2.75) is 64.6 Å². The van der Waals surface area contributed by atoms with Gasteiger partial charge >= 0.3 is 5.97 Å². The van der Waals surface area contributed by atoms with Gasteiger partial charge in [-0.25, -0.2) is 0 Å². The maximum absolute atomic E-state index is 11.7. The number of hydrogen-bond acceptors (Lipinski definition) is 5. The van der Waals surface area contributed by atoms with Gasteiger partial charge in [-0.15, -0.1) is 0 Å². The number of benzene rings is 2. The van der Waals surface area contributed by atoms with E-state index in [0.29, 0.717) is 13.0 Å². The van der Waals surface area contributed by atoms with Gasteiger partial charge in [0, 0.05) is 24.7 Å². The van der Waals surface area contributed by atoms with Gasteiger partial charge < -0.3 is 18.9 Å². The van der Waals surface area contributed by atoms with Crippen LogP contribution in [0.5, 0.6) is 11.5 Å². The van der Waals surface area contributed by atoms with Crippen molar-refractivity contribution in [3.05, 3.63) is 58.7 Å². The summed E-state index contributed by atoms with van der Waals surface area (Å²) >= 11 is 0. The van der Waals surface area contributed by atoms with Crippen LogP contribution in [0.2, 0.25) is 0 Å². The number of esters is 1. The van der Waals surface area contributed by atoms with Gasteiger partial charge in [0.15, 0.2) is 0 Å². The van der Waals surface area contributed by atoms with E-state index in [2.05, 4.69) is 45.9 Å². The van der Waals surface area contributed by atoms with Crippen LogP contribution in [0.1, 0.15) is 74.8 Å². The van der Waals surface area contributed by atoms with E-state index in [1.165, 1.54) is 23.8 Å². The Bertz CT molecular complexity index is 1010. The number of fused-ring (bicyclic) bond motifs is 2. The molecule has 0 amide bonds. The molecule has 4 rings (SSSR count). The highest BCUT2D eigenvalue weighted by molar-refractivity contribution is 5.71. The zero-order chi connectivity index (χ0) is 23.1. The standard InChI is InChI=1S/C27H34O5/c1-26(2,3)27(4,30-6)22-9-7-8-21-20(22)12-13-23(21)32-18-10-11-19-17(14-25(28)29-5)16-31-24(19)15-18/h7-11,15,17,23H,12-14,16H2,1-6H3/t17-,23-,27?/m1/s1. The number of carbonyl (C=O) groups excluding carboxylic acids is 1. The van der Waals surface area contributed by atoms with Crippen LogP contribution < -0.4 is 9.47 Å². The Kier molecular flexibility index (Phi) is 5.97. The Morgan fingerprint density at radius 3 is 2.56 bits per heavy atom. The van der Waals surface area contributed by atoms with Gasteiger partial charge in [-0.05, 0) is 47.9 Å². The lowest BCUT2D eigenvalue weighted by atomic mass is 9.71. The Labute approximate surface area is 191 Å².